The summed E-state index contributed by atoms with van der Waals surface area (Å²) in [5, 5.41) is 11.4. The molecule has 0 spiro atoms. The van der Waals surface area contributed by atoms with E-state index in [0.29, 0.717) is 12.3 Å². The molecule has 2 rings (SSSR count). The number of likely N-dealkylation sites (N-methyl/N-ethyl adjacent to an activating group) is 1. The first-order valence-electron chi connectivity index (χ1n) is 7.23. The van der Waals surface area contributed by atoms with Gasteiger partial charge in [-0.05, 0) is 31.2 Å². The Morgan fingerprint density at radius 3 is 2.77 bits per heavy atom. The summed E-state index contributed by atoms with van der Waals surface area (Å²) in [6.45, 7) is 1.28. The van der Waals surface area contributed by atoms with Crippen molar-refractivity contribution in [3.05, 3.63) is 29.8 Å². The molecule has 1 amide bonds. The van der Waals surface area contributed by atoms with Gasteiger partial charge in [-0.1, -0.05) is 12.1 Å². The summed E-state index contributed by atoms with van der Waals surface area (Å²) < 4.78 is 10.5. The fraction of sp³-hybridized carbons (Fsp3) is 0.500. The number of rotatable bonds is 6. The Labute approximate surface area is 130 Å². The second-order valence-corrected chi connectivity index (χ2v) is 5.36. The number of hydrogen-bond acceptors (Lipinski definition) is 5. The van der Waals surface area contributed by atoms with E-state index in [-0.39, 0.29) is 24.7 Å². The van der Waals surface area contributed by atoms with Crippen LogP contribution in [0.15, 0.2) is 24.3 Å². The van der Waals surface area contributed by atoms with Crippen molar-refractivity contribution in [3.63, 3.8) is 0 Å². The normalized spacial score (nSPS) is 21.3. The van der Waals surface area contributed by atoms with Gasteiger partial charge in [-0.2, -0.15) is 5.26 Å². The van der Waals surface area contributed by atoms with Gasteiger partial charge >= 0.3 is 0 Å². The Kier molecular flexibility index (Phi) is 5.75. The van der Waals surface area contributed by atoms with Crippen molar-refractivity contribution < 1.29 is 14.3 Å². The van der Waals surface area contributed by atoms with E-state index in [0.717, 1.165) is 18.5 Å². The van der Waals surface area contributed by atoms with Gasteiger partial charge in [0.1, 0.15) is 11.8 Å². The largest absolute Gasteiger partial charge is 0.479 e. The summed E-state index contributed by atoms with van der Waals surface area (Å²) in [5.74, 6) is 0.668. The lowest BCUT2D eigenvalue weighted by Crippen LogP contribution is -2.41. The Morgan fingerprint density at radius 2 is 2.18 bits per heavy atom. The molecular formula is C16H21N3O3. The van der Waals surface area contributed by atoms with Gasteiger partial charge in [-0.25, -0.2) is 0 Å². The third kappa shape index (κ3) is 4.20. The van der Waals surface area contributed by atoms with Crippen molar-refractivity contribution in [3.8, 4) is 11.8 Å². The Balaban J connectivity index is 1.82. The van der Waals surface area contributed by atoms with Crippen LogP contribution < -0.4 is 10.1 Å². The van der Waals surface area contributed by atoms with Gasteiger partial charge in [-0.15, -0.1) is 0 Å². The molecule has 1 aromatic carbocycles. The molecule has 118 valence electrons. The van der Waals surface area contributed by atoms with Crippen molar-refractivity contribution in [1.82, 2.24) is 10.2 Å². The molecular weight excluding hydrogens is 282 g/mol. The topological polar surface area (TPSA) is 74.6 Å². The highest BCUT2D eigenvalue weighted by Gasteiger charge is 2.34. The number of carbonyl (C=O) groups excluding carboxylic acids is 1. The molecule has 2 atom stereocenters. The van der Waals surface area contributed by atoms with Crippen LogP contribution in [-0.4, -0.2) is 50.3 Å². The summed E-state index contributed by atoms with van der Waals surface area (Å²) >= 11 is 0. The lowest BCUT2D eigenvalue weighted by atomic mass is 10.1. The van der Waals surface area contributed by atoms with E-state index in [1.807, 2.05) is 30.1 Å². The number of likely N-dealkylation sites (tertiary alicyclic amines) is 1. The first-order valence-corrected chi connectivity index (χ1v) is 7.23. The summed E-state index contributed by atoms with van der Waals surface area (Å²) in [7, 11) is 3.61. The standard InChI is InChI=1S/C16H21N3O3/c1-19-11-14(21-2)9-15(19)16(20)18-10-12-3-5-13(6-4-12)22-8-7-17/h3-6,14-15H,8-11H2,1-2H3,(H,18,20)/t14-,15-/m0/s1. The van der Waals surface area contributed by atoms with E-state index in [2.05, 4.69) is 5.32 Å². The number of methoxy groups -OCH3 is 1. The number of carbonyl (C=O) groups is 1. The zero-order chi connectivity index (χ0) is 15.9. The maximum Gasteiger partial charge on any atom is 0.237 e. The van der Waals surface area contributed by atoms with E-state index in [9.17, 15) is 4.79 Å². The van der Waals surface area contributed by atoms with Crippen LogP contribution >= 0.6 is 0 Å². The van der Waals surface area contributed by atoms with Crippen LogP contribution in [0.2, 0.25) is 0 Å². The maximum atomic E-state index is 12.2. The van der Waals surface area contributed by atoms with Crippen LogP contribution in [0.25, 0.3) is 0 Å². The highest BCUT2D eigenvalue weighted by molar-refractivity contribution is 5.82. The first kappa shape index (κ1) is 16.3. The highest BCUT2D eigenvalue weighted by atomic mass is 16.5. The Morgan fingerprint density at radius 1 is 1.45 bits per heavy atom. The summed E-state index contributed by atoms with van der Waals surface area (Å²) in [5.41, 5.74) is 0.988. The molecule has 1 aliphatic rings. The fourth-order valence-electron chi connectivity index (χ4n) is 2.56. The van der Waals surface area contributed by atoms with Crippen molar-refractivity contribution >= 4 is 5.91 Å². The quantitative estimate of drug-likeness (QED) is 0.846. The number of hydrogen-bond donors (Lipinski definition) is 1. The van der Waals surface area contributed by atoms with Gasteiger partial charge in [0.15, 0.2) is 6.61 Å². The van der Waals surface area contributed by atoms with Crippen LogP contribution in [0, 0.1) is 11.3 Å². The molecule has 0 radical (unpaired) electrons. The number of ether oxygens (including phenoxy) is 2. The molecule has 1 fully saturated rings. The monoisotopic (exact) mass is 303 g/mol. The van der Waals surface area contributed by atoms with Gasteiger partial charge in [0, 0.05) is 20.2 Å². The zero-order valence-corrected chi connectivity index (χ0v) is 12.9. The molecule has 1 aromatic rings. The maximum absolute atomic E-state index is 12.2. The smallest absolute Gasteiger partial charge is 0.237 e. The molecule has 1 aliphatic heterocycles. The zero-order valence-electron chi connectivity index (χ0n) is 12.9. The average Bonchev–Trinajstić information content (AvgIpc) is 2.92. The molecule has 0 unspecified atom stereocenters. The molecule has 1 N–H and O–H groups in total. The van der Waals surface area contributed by atoms with Crippen LogP contribution in [0.4, 0.5) is 0 Å². The first-order chi connectivity index (χ1) is 10.6. The predicted molar refractivity (Wildman–Crippen MR) is 81.2 cm³/mol. The van der Waals surface area contributed by atoms with Gasteiger partial charge < -0.3 is 14.8 Å². The molecule has 1 heterocycles. The third-order valence-corrected chi connectivity index (χ3v) is 3.84. The van der Waals surface area contributed by atoms with Gasteiger partial charge in [-0.3, -0.25) is 9.69 Å². The van der Waals surface area contributed by atoms with Crippen molar-refractivity contribution in [1.29, 1.82) is 5.26 Å². The third-order valence-electron chi connectivity index (χ3n) is 3.84. The minimum absolute atomic E-state index is 0.0202. The number of nitrogens with one attached hydrogen (secondary N) is 1. The molecule has 0 saturated carbocycles. The Hall–Kier alpha value is -2.10. The summed E-state index contributed by atoms with van der Waals surface area (Å²) in [4.78, 5) is 14.2. The number of nitrogens with zero attached hydrogens (tertiary/aromatic N) is 2. The predicted octanol–water partition coefficient (Wildman–Crippen LogP) is 0.924. The number of nitriles is 1. The lowest BCUT2D eigenvalue weighted by molar-refractivity contribution is -0.125. The van der Waals surface area contributed by atoms with Crippen LogP contribution in [0.3, 0.4) is 0 Å². The number of benzene rings is 1. The second kappa shape index (κ2) is 7.78. The molecule has 0 bridgehead atoms. The van der Waals surface area contributed by atoms with E-state index >= 15 is 0 Å². The van der Waals surface area contributed by atoms with Gasteiger partial charge in [0.2, 0.25) is 5.91 Å². The minimum atomic E-state index is -0.136. The van der Waals surface area contributed by atoms with E-state index in [4.69, 9.17) is 14.7 Å². The van der Waals surface area contributed by atoms with Gasteiger partial charge in [0.05, 0.1) is 12.1 Å². The molecule has 1 saturated heterocycles. The van der Waals surface area contributed by atoms with E-state index in [1.165, 1.54) is 0 Å². The average molecular weight is 303 g/mol. The molecule has 22 heavy (non-hydrogen) atoms. The second-order valence-electron chi connectivity index (χ2n) is 5.36. The lowest BCUT2D eigenvalue weighted by Gasteiger charge is -2.18. The van der Waals surface area contributed by atoms with Crippen LogP contribution in [0.5, 0.6) is 5.75 Å². The minimum Gasteiger partial charge on any atom is -0.479 e. The van der Waals surface area contributed by atoms with Crippen molar-refractivity contribution in [2.75, 3.05) is 27.3 Å². The summed E-state index contributed by atoms with van der Waals surface area (Å²) in [6.07, 6.45) is 0.845. The molecule has 0 aromatic heterocycles. The number of amides is 1. The highest BCUT2D eigenvalue weighted by Crippen LogP contribution is 2.18. The molecule has 0 aliphatic carbocycles. The van der Waals surface area contributed by atoms with Crippen molar-refractivity contribution in [2.24, 2.45) is 0 Å². The van der Waals surface area contributed by atoms with Gasteiger partial charge in [0.25, 0.3) is 0 Å². The SMILES string of the molecule is CO[C@H]1C[C@@H](C(=O)NCc2ccc(OCC#N)cc2)N(C)C1. The fourth-order valence-corrected chi connectivity index (χ4v) is 2.56. The van der Waals surface area contributed by atoms with Crippen LogP contribution in [0.1, 0.15) is 12.0 Å². The van der Waals surface area contributed by atoms with E-state index in [1.54, 1.807) is 19.2 Å². The van der Waals surface area contributed by atoms with E-state index < -0.39 is 0 Å². The molecule has 6 heteroatoms. The molecule has 6 nitrogen and oxygen atoms in total. The van der Waals surface area contributed by atoms with Crippen LogP contribution in [-0.2, 0) is 16.1 Å². The Bertz CT molecular complexity index is 539. The summed E-state index contributed by atoms with van der Waals surface area (Å²) in [6, 6.07) is 9.13. The van der Waals surface area contributed by atoms with Crippen molar-refractivity contribution in [2.45, 2.75) is 25.1 Å².